The van der Waals surface area contributed by atoms with E-state index in [1.54, 1.807) is 0 Å². The Kier molecular flexibility index (Phi) is 6.98. The van der Waals surface area contributed by atoms with Crippen molar-refractivity contribution in [2.75, 3.05) is 39.1 Å². The number of carbonyl (C=O) groups excluding carboxylic acids is 1. The van der Waals surface area contributed by atoms with Gasteiger partial charge in [0.05, 0.1) is 14.1 Å². The third kappa shape index (κ3) is 6.06. The number of ether oxygens (including phenoxy) is 1. The summed E-state index contributed by atoms with van der Waals surface area (Å²) < 4.78 is 6.27. The van der Waals surface area contributed by atoms with Crippen molar-refractivity contribution in [1.29, 1.82) is 0 Å². The summed E-state index contributed by atoms with van der Waals surface area (Å²) in [5.41, 5.74) is 4.16. The monoisotopic (exact) mass is 421 g/mol. The summed E-state index contributed by atoms with van der Waals surface area (Å²) in [6, 6.07) is 18.0. The number of likely N-dealkylation sites (N-methyl/N-ethyl adjacent to an activating group) is 1. The molecule has 0 aromatic heterocycles. The molecule has 5 heteroatoms. The Balaban J connectivity index is 1.56. The number of nitrogens with zero attached hydrogens (tertiary/aromatic N) is 1. The predicted octanol–water partition coefficient (Wildman–Crippen LogP) is 4.22. The molecule has 0 fully saturated rings. The van der Waals surface area contributed by atoms with Gasteiger partial charge in [0, 0.05) is 11.1 Å². The summed E-state index contributed by atoms with van der Waals surface area (Å²) in [7, 11) is 3.88. The molecule has 3 aromatic rings. The number of hydrogen-bond acceptors (Lipinski definition) is 3. The fourth-order valence-corrected chi connectivity index (χ4v) is 4.14. The summed E-state index contributed by atoms with van der Waals surface area (Å²) in [6.07, 6.45) is -0.690. The van der Waals surface area contributed by atoms with Crippen LogP contribution in [0.4, 0.5) is 5.69 Å². The third-order valence-electron chi connectivity index (χ3n) is 5.40. The lowest BCUT2D eigenvalue weighted by Gasteiger charge is -2.31. The average Bonchev–Trinajstić information content (AvgIpc) is 2.68. The van der Waals surface area contributed by atoms with Crippen LogP contribution in [0.25, 0.3) is 10.8 Å². The standard InChI is InChI=1S/C26H32N2O3/c1-18-13-19(2)26(20(3)14-18)27-25(30)16-28(4,5)15-22(29)17-31-24-12-8-10-21-9-6-7-11-23(21)24/h6-14,22,29H,15-17H2,1-5H3/p+1/t22-/m0/s1. The number of anilines is 1. The number of carbonyl (C=O) groups is 1. The number of amides is 1. The number of rotatable bonds is 8. The first-order valence-electron chi connectivity index (χ1n) is 10.6. The van der Waals surface area contributed by atoms with Gasteiger partial charge in [-0.2, -0.15) is 0 Å². The second kappa shape index (κ2) is 9.50. The average molecular weight is 422 g/mol. The lowest BCUT2D eigenvalue weighted by Crippen LogP contribution is -2.50. The number of aryl methyl sites for hydroxylation is 3. The molecule has 0 aliphatic carbocycles. The lowest BCUT2D eigenvalue weighted by atomic mass is 10.1. The van der Waals surface area contributed by atoms with Gasteiger partial charge in [-0.3, -0.25) is 4.79 Å². The molecule has 0 heterocycles. The minimum absolute atomic E-state index is 0.0674. The van der Waals surface area contributed by atoms with E-state index in [0.29, 0.717) is 11.0 Å². The minimum atomic E-state index is -0.690. The Labute approximate surface area is 184 Å². The highest BCUT2D eigenvalue weighted by molar-refractivity contribution is 5.93. The zero-order valence-electron chi connectivity index (χ0n) is 19.1. The zero-order chi connectivity index (χ0) is 22.6. The van der Waals surface area contributed by atoms with Gasteiger partial charge in [-0.15, -0.1) is 0 Å². The maximum absolute atomic E-state index is 12.7. The largest absolute Gasteiger partial charge is 0.490 e. The molecule has 0 aliphatic rings. The summed E-state index contributed by atoms with van der Waals surface area (Å²) in [6.45, 7) is 6.90. The molecule has 0 saturated carbocycles. The minimum Gasteiger partial charge on any atom is -0.490 e. The van der Waals surface area contributed by atoms with Crippen LogP contribution in [0.3, 0.4) is 0 Å². The fraction of sp³-hybridized carbons (Fsp3) is 0.346. The van der Waals surface area contributed by atoms with Gasteiger partial charge >= 0.3 is 0 Å². The van der Waals surface area contributed by atoms with Gasteiger partial charge in [0.15, 0.2) is 6.54 Å². The van der Waals surface area contributed by atoms with E-state index in [9.17, 15) is 9.90 Å². The number of quaternary nitrogens is 1. The normalized spacial score (nSPS) is 12.6. The topological polar surface area (TPSA) is 58.6 Å². The second-order valence-corrected chi connectivity index (χ2v) is 9.04. The first-order chi connectivity index (χ1) is 14.6. The van der Waals surface area contributed by atoms with E-state index in [1.807, 2.05) is 77.3 Å². The quantitative estimate of drug-likeness (QED) is 0.536. The molecular formula is C26H33N2O3+. The molecule has 0 aliphatic heterocycles. The molecule has 164 valence electrons. The van der Waals surface area contributed by atoms with E-state index in [1.165, 1.54) is 5.56 Å². The van der Waals surface area contributed by atoms with E-state index >= 15 is 0 Å². The van der Waals surface area contributed by atoms with Gasteiger partial charge in [-0.05, 0) is 43.4 Å². The Morgan fingerprint density at radius 1 is 1.03 bits per heavy atom. The summed E-state index contributed by atoms with van der Waals surface area (Å²) in [5.74, 6) is 0.688. The molecule has 0 spiro atoms. The van der Waals surface area contributed by atoms with E-state index in [2.05, 4.69) is 17.4 Å². The van der Waals surface area contributed by atoms with Gasteiger partial charge < -0.3 is 19.6 Å². The van der Waals surface area contributed by atoms with Crippen molar-refractivity contribution in [1.82, 2.24) is 0 Å². The van der Waals surface area contributed by atoms with E-state index in [0.717, 1.165) is 33.3 Å². The van der Waals surface area contributed by atoms with E-state index in [4.69, 9.17) is 4.74 Å². The highest BCUT2D eigenvalue weighted by Crippen LogP contribution is 2.25. The van der Waals surface area contributed by atoms with Gasteiger partial charge in [-0.25, -0.2) is 0 Å². The predicted molar refractivity (Wildman–Crippen MR) is 127 cm³/mol. The van der Waals surface area contributed by atoms with Crippen molar-refractivity contribution in [3.8, 4) is 5.75 Å². The van der Waals surface area contributed by atoms with Gasteiger partial charge in [0.25, 0.3) is 5.91 Å². The van der Waals surface area contributed by atoms with E-state index < -0.39 is 6.10 Å². The Morgan fingerprint density at radius 3 is 2.39 bits per heavy atom. The number of nitrogens with one attached hydrogen (secondary N) is 1. The van der Waals surface area contributed by atoms with Crippen LogP contribution in [-0.4, -0.2) is 55.4 Å². The smallest absolute Gasteiger partial charge is 0.279 e. The van der Waals surface area contributed by atoms with Gasteiger partial charge in [0.2, 0.25) is 0 Å². The van der Waals surface area contributed by atoms with Crippen LogP contribution < -0.4 is 10.1 Å². The number of fused-ring (bicyclic) bond motifs is 1. The van der Waals surface area contributed by atoms with E-state index in [-0.39, 0.29) is 19.1 Å². The van der Waals surface area contributed by atoms with Crippen LogP contribution in [0, 0.1) is 20.8 Å². The molecule has 3 rings (SSSR count). The summed E-state index contributed by atoms with van der Waals surface area (Å²) in [5, 5.41) is 15.7. The highest BCUT2D eigenvalue weighted by Gasteiger charge is 2.25. The van der Waals surface area contributed by atoms with Crippen molar-refractivity contribution < 1.29 is 19.1 Å². The maximum Gasteiger partial charge on any atom is 0.279 e. The molecule has 5 nitrogen and oxygen atoms in total. The van der Waals surface area contributed by atoms with Crippen LogP contribution in [0.5, 0.6) is 5.75 Å². The van der Waals surface area contributed by atoms with Crippen molar-refractivity contribution >= 4 is 22.4 Å². The van der Waals surface area contributed by atoms with Crippen LogP contribution in [-0.2, 0) is 4.79 Å². The van der Waals surface area contributed by atoms with Crippen molar-refractivity contribution in [3.05, 3.63) is 71.3 Å². The highest BCUT2D eigenvalue weighted by atomic mass is 16.5. The zero-order valence-corrected chi connectivity index (χ0v) is 19.1. The first kappa shape index (κ1) is 22.8. The molecule has 0 bridgehead atoms. The fourth-order valence-electron chi connectivity index (χ4n) is 4.14. The number of benzene rings is 3. The molecule has 0 saturated heterocycles. The first-order valence-corrected chi connectivity index (χ1v) is 10.6. The molecule has 31 heavy (non-hydrogen) atoms. The van der Waals surface area contributed by atoms with Crippen LogP contribution >= 0.6 is 0 Å². The Morgan fingerprint density at radius 2 is 1.68 bits per heavy atom. The van der Waals surface area contributed by atoms with Crippen LogP contribution in [0.2, 0.25) is 0 Å². The van der Waals surface area contributed by atoms with Crippen molar-refractivity contribution in [3.63, 3.8) is 0 Å². The molecule has 0 radical (unpaired) electrons. The molecule has 1 amide bonds. The van der Waals surface area contributed by atoms with Gasteiger partial charge in [0.1, 0.15) is 25.0 Å². The Bertz CT molecular complexity index is 1050. The Hall–Kier alpha value is -2.89. The third-order valence-corrected chi connectivity index (χ3v) is 5.40. The molecule has 1 atom stereocenters. The summed E-state index contributed by atoms with van der Waals surface area (Å²) >= 11 is 0. The molecular weight excluding hydrogens is 388 g/mol. The number of hydrogen-bond donors (Lipinski definition) is 2. The van der Waals surface area contributed by atoms with Crippen LogP contribution in [0.1, 0.15) is 16.7 Å². The maximum atomic E-state index is 12.7. The molecule has 3 aromatic carbocycles. The van der Waals surface area contributed by atoms with Crippen molar-refractivity contribution in [2.45, 2.75) is 26.9 Å². The van der Waals surface area contributed by atoms with Crippen LogP contribution in [0.15, 0.2) is 54.6 Å². The number of aliphatic hydroxyl groups is 1. The molecule has 0 unspecified atom stereocenters. The number of aliphatic hydroxyl groups excluding tert-OH is 1. The summed E-state index contributed by atoms with van der Waals surface area (Å²) in [4.78, 5) is 12.7. The molecule has 2 N–H and O–H groups in total. The SMILES string of the molecule is Cc1cc(C)c(NC(=O)C[N+](C)(C)C[C@H](O)COc2cccc3ccccc23)c(C)c1. The van der Waals surface area contributed by atoms with Gasteiger partial charge in [-0.1, -0.05) is 54.1 Å². The van der Waals surface area contributed by atoms with Crippen molar-refractivity contribution in [2.24, 2.45) is 0 Å². The lowest BCUT2D eigenvalue weighted by molar-refractivity contribution is -0.885. The second-order valence-electron chi connectivity index (χ2n) is 9.04.